The first kappa shape index (κ1) is 11.5. The highest BCUT2D eigenvalue weighted by Gasteiger charge is 2.03. The summed E-state index contributed by atoms with van der Waals surface area (Å²) in [7, 11) is 1.82. The fraction of sp³-hybridized carbons (Fsp3) is 0.455. The Balaban J connectivity index is 2.46. The fourth-order valence-corrected chi connectivity index (χ4v) is 1.22. The summed E-state index contributed by atoms with van der Waals surface area (Å²) in [5, 5.41) is 2.95. The fourth-order valence-electron chi connectivity index (χ4n) is 1.22. The number of ether oxygens (including phenoxy) is 1. The number of pyridine rings is 1. The first-order valence-corrected chi connectivity index (χ1v) is 5.05. The molecule has 1 aromatic heterocycles. The van der Waals surface area contributed by atoms with E-state index in [1.54, 1.807) is 6.92 Å². The van der Waals surface area contributed by atoms with Gasteiger partial charge in [-0.25, -0.2) is 4.98 Å². The van der Waals surface area contributed by atoms with Gasteiger partial charge in [-0.3, -0.25) is 4.79 Å². The lowest BCUT2D eigenvalue weighted by Crippen LogP contribution is -2.06. The lowest BCUT2D eigenvalue weighted by Gasteiger charge is -2.03. The van der Waals surface area contributed by atoms with Crippen molar-refractivity contribution in [2.45, 2.75) is 19.8 Å². The zero-order valence-electron chi connectivity index (χ0n) is 9.12. The number of esters is 1. The molecule has 1 rings (SSSR count). The molecule has 82 valence electrons. The molecule has 0 saturated carbocycles. The molecule has 0 bridgehead atoms. The Kier molecular flexibility index (Phi) is 4.60. The number of carbonyl (C=O) groups excluding carboxylic acids is 1. The van der Waals surface area contributed by atoms with Gasteiger partial charge in [-0.15, -0.1) is 0 Å². The Hall–Kier alpha value is -1.58. The SMILES string of the molecule is CCOC(=O)CCc1cccc(NC)n1. The summed E-state index contributed by atoms with van der Waals surface area (Å²) in [6, 6.07) is 5.70. The predicted octanol–water partition coefficient (Wildman–Crippen LogP) is 1.62. The Bertz CT molecular complexity index is 326. The summed E-state index contributed by atoms with van der Waals surface area (Å²) in [5.74, 6) is 0.644. The molecule has 0 aliphatic heterocycles. The van der Waals surface area contributed by atoms with Crippen molar-refractivity contribution in [1.29, 1.82) is 0 Å². The van der Waals surface area contributed by atoms with Gasteiger partial charge in [0.15, 0.2) is 0 Å². The van der Waals surface area contributed by atoms with Crippen LogP contribution in [-0.4, -0.2) is 24.6 Å². The van der Waals surface area contributed by atoms with Gasteiger partial charge in [0.05, 0.1) is 13.0 Å². The van der Waals surface area contributed by atoms with Crippen molar-refractivity contribution in [1.82, 2.24) is 4.98 Å². The summed E-state index contributed by atoms with van der Waals surface area (Å²) in [6.45, 7) is 2.24. The van der Waals surface area contributed by atoms with Crippen molar-refractivity contribution in [2.24, 2.45) is 0 Å². The molecule has 0 amide bonds. The van der Waals surface area contributed by atoms with Crippen LogP contribution in [0.5, 0.6) is 0 Å². The van der Waals surface area contributed by atoms with Gasteiger partial charge in [-0.2, -0.15) is 0 Å². The second-order valence-electron chi connectivity index (χ2n) is 3.07. The van der Waals surface area contributed by atoms with Crippen LogP contribution in [0.15, 0.2) is 18.2 Å². The van der Waals surface area contributed by atoms with Crippen LogP contribution in [0.2, 0.25) is 0 Å². The molecular weight excluding hydrogens is 192 g/mol. The Labute approximate surface area is 89.7 Å². The minimum Gasteiger partial charge on any atom is -0.466 e. The monoisotopic (exact) mass is 208 g/mol. The molecule has 0 aromatic carbocycles. The van der Waals surface area contributed by atoms with Gasteiger partial charge < -0.3 is 10.1 Å². The van der Waals surface area contributed by atoms with Gasteiger partial charge >= 0.3 is 5.97 Å². The van der Waals surface area contributed by atoms with E-state index in [-0.39, 0.29) is 5.97 Å². The summed E-state index contributed by atoms with van der Waals surface area (Å²) in [5.41, 5.74) is 0.898. The first-order valence-electron chi connectivity index (χ1n) is 5.05. The van der Waals surface area contributed by atoms with Gasteiger partial charge in [-0.05, 0) is 19.1 Å². The van der Waals surface area contributed by atoms with E-state index < -0.39 is 0 Å². The number of aromatic nitrogens is 1. The second-order valence-corrected chi connectivity index (χ2v) is 3.07. The van der Waals surface area contributed by atoms with E-state index in [4.69, 9.17) is 4.74 Å². The third-order valence-electron chi connectivity index (χ3n) is 1.95. The molecule has 0 spiro atoms. The highest BCUT2D eigenvalue weighted by atomic mass is 16.5. The number of rotatable bonds is 5. The van der Waals surface area contributed by atoms with Crippen LogP contribution in [0.3, 0.4) is 0 Å². The summed E-state index contributed by atoms with van der Waals surface area (Å²) < 4.78 is 4.84. The predicted molar refractivity (Wildman–Crippen MR) is 58.7 cm³/mol. The highest BCUT2D eigenvalue weighted by molar-refractivity contribution is 5.69. The van der Waals surface area contributed by atoms with E-state index >= 15 is 0 Å². The molecule has 0 unspecified atom stereocenters. The van der Waals surface area contributed by atoms with E-state index in [0.29, 0.717) is 19.4 Å². The third-order valence-corrected chi connectivity index (χ3v) is 1.95. The molecule has 15 heavy (non-hydrogen) atoms. The van der Waals surface area contributed by atoms with Crippen LogP contribution in [0, 0.1) is 0 Å². The number of carbonyl (C=O) groups is 1. The Morgan fingerprint density at radius 1 is 1.53 bits per heavy atom. The van der Waals surface area contributed by atoms with E-state index in [2.05, 4.69) is 10.3 Å². The number of anilines is 1. The van der Waals surface area contributed by atoms with Crippen molar-refractivity contribution >= 4 is 11.8 Å². The van der Waals surface area contributed by atoms with E-state index in [1.807, 2.05) is 25.2 Å². The average Bonchev–Trinajstić information content (AvgIpc) is 2.27. The zero-order chi connectivity index (χ0) is 11.1. The summed E-state index contributed by atoms with van der Waals surface area (Å²) in [4.78, 5) is 15.4. The average molecular weight is 208 g/mol. The number of hydrogen-bond donors (Lipinski definition) is 1. The minimum absolute atomic E-state index is 0.172. The van der Waals surface area contributed by atoms with Crippen molar-refractivity contribution in [3.8, 4) is 0 Å². The van der Waals surface area contributed by atoms with Gasteiger partial charge in [0.2, 0.25) is 0 Å². The van der Waals surface area contributed by atoms with E-state index in [0.717, 1.165) is 11.5 Å². The summed E-state index contributed by atoms with van der Waals surface area (Å²) >= 11 is 0. The highest BCUT2D eigenvalue weighted by Crippen LogP contribution is 2.06. The number of nitrogens with one attached hydrogen (secondary N) is 1. The molecule has 1 heterocycles. The second kappa shape index (κ2) is 6.01. The van der Waals surface area contributed by atoms with Gasteiger partial charge in [0.25, 0.3) is 0 Å². The molecule has 4 heteroatoms. The Morgan fingerprint density at radius 3 is 3.00 bits per heavy atom. The quantitative estimate of drug-likeness (QED) is 0.747. The van der Waals surface area contributed by atoms with Crippen LogP contribution in [0.25, 0.3) is 0 Å². The molecule has 0 atom stereocenters. The maximum atomic E-state index is 11.1. The zero-order valence-corrected chi connectivity index (χ0v) is 9.12. The van der Waals surface area contributed by atoms with E-state index in [9.17, 15) is 4.79 Å². The van der Waals surface area contributed by atoms with Crippen molar-refractivity contribution in [3.63, 3.8) is 0 Å². The standard InChI is InChI=1S/C11H16N2O2/c1-3-15-11(14)8-7-9-5-4-6-10(12-2)13-9/h4-6H,3,7-8H2,1-2H3,(H,12,13). The van der Waals surface area contributed by atoms with Gasteiger partial charge in [0.1, 0.15) is 5.82 Å². The molecule has 0 aliphatic rings. The number of nitrogens with zero attached hydrogens (tertiary/aromatic N) is 1. The van der Waals surface area contributed by atoms with Crippen LogP contribution < -0.4 is 5.32 Å². The topological polar surface area (TPSA) is 51.2 Å². The number of aryl methyl sites for hydroxylation is 1. The molecule has 1 aromatic rings. The molecular formula is C11H16N2O2. The molecule has 0 radical (unpaired) electrons. The molecule has 0 fully saturated rings. The largest absolute Gasteiger partial charge is 0.466 e. The van der Waals surface area contributed by atoms with Crippen LogP contribution >= 0.6 is 0 Å². The molecule has 1 N–H and O–H groups in total. The maximum absolute atomic E-state index is 11.1. The van der Waals surface area contributed by atoms with Crippen LogP contribution in [-0.2, 0) is 16.0 Å². The number of hydrogen-bond acceptors (Lipinski definition) is 4. The lowest BCUT2D eigenvalue weighted by atomic mass is 10.2. The van der Waals surface area contributed by atoms with Crippen molar-refractivity contribution in [3.05, 3.63) is 23.9 Å². The van der Waals surface area contributed by atoms with Gasteiger partial charge in [0, 0.05) is 19.2 Å². The summed E-state index contributed by atoms with van der Waals surface area (Å²) in [6.07, 6.45) is 1.00. The molecule has 0 aliphatic carbocycles. The molecule has 0 saturated heterocycles. The maximum Gasteiger partial charge on any atom is 0.306 e. The third kappa shape index (κ3) is 3.97. The van der Waals surface area contributed by atoms with Crippen molar-refractivity contribution in [2.75, 3.05) is 19.0 Å². The van der Waals surface area contributed by atoms with Crippen LogP contribution in [0.4, 0.5) is 5.82 Å². The van der Waals surface area contributed by atoms with E-state index in [1.165, 1.54) is 0 Å². The minimum atomic E-state index is -0.172. The van der Waals surface area contributed by atoms with Crippen molar-refractivity contribution < 1.29 is 9.53 Å². The normalized spacial score (nSPS) is 9.73. The Morgan fingerprint density at radius 2 is 2.33 bits per heavy atom. The first-order chi connectivity index (χ1) is 7.26. The van der Waals surface area contributed by atoms with Crippen LogP contribution in [0.1, 0.15) is 19.0 Å². The van der Waals surface area contributed by atoms with Gasteiger partial charge in [-0.1, -0.05) is 6.07 Å². The smallest absolute Gasteiger partial charge is 0.306 e. The lowest BCUT2D eigenvalue weighted by molar-refractivity contribution is -0.143. The molecule has 4 nitrogen and oxygen atoms in total.